The Bertz CT molecular complexity index is 805. The van der Waals surface area contributed by atoms with Gasteiger partial charge in [-0.1, -0.05) is 0 Å². The molecule has 22 heavy (non-hydrogen) atoms. The van der Waals surface area contributed by atoms with E-state index in [0.29, 0.717) is 5.82 Å². The fraction of sp³-hybridized carbons (Fsp3) is 0.333. The zero-order valence-corrected chi connectivity index (χ0v) is 12.4. The van der Waals surface area contributed by atoms with Gasteiger partial charge < -0.3 is 10.2 Å². The van der Waals surface area contributed by atoms with Crippen LogP contribution < -0.4 is 10.2 Å². The molecule has 0 radical (unpaired) electrons. The minimum absolute atomic E-state index is 0.666. The first kappa shape index (κ1) is 13.1. The van der Waals surface area contributed by atoms with Crippen molar-refractivity contribution in [2.75, 3.05) is 31.1 Å². The predicted octanol–water partition coefficient (Wildman–Crippen LogP) is 0.904. The van der Waals surface area contributed by atoms with Crippen LogP contribution in [0.15, 0.2) is 30.6 Å². The Kier molecular flexibility index (Phi) is 3.19. The average molecular weight is 295 g/mol. The zero-order chi connectivity index (χ0) is 14.9. The smallest absolute Gasteiger partial charge is 0.182 e. The van der Waals surface area contributed by atoms with E-state index in [4.69, 9.17) is 4.98 Å². The monoisotopic (exact) mass is 295 g/mol. The second-order valence-electron chi connectivity index (χ2n) is 5.31. The molecule has 7 nitrogen and oxygen atoms in total. The second kappa shape index (κ2) is 5.34. The first-order valence-corrected chi connectivity index (χ1v) is 7.42. The third-order valence-electron chi connectivity index (χ3n) is 3.86. The maximum Gasteiger partial charge on any atom is 0.182 e. The van der Waals surface area contributed by atoms with E-state index >= 15 is 0 Å². The molecule has 112 valence electrons. The molecule has 3 aromatic rings. The molecule has 4 rings (SSSR count). The minimum atomic E-state index is 0.666. The maximum absolute atomic E-state index is 4.74. The molecule has 1 N–H and O–H groups in total. The third-order valence-corrected chi connectivity index (χ3v) is 3.86. The lowest BCUT2D eigenvalue weighted by Crippen LogP contribution is -2.43. The highest BCUT2D eigenvalue weighted by molar-refractivity contribution is 5.61. The number of rotatable bonds is 2. The van der Waals surface area contributed by atoms with Gasteiger partial charge in [-0.2, -0.15) is 5.10 Å². The summed E-state index contributed by atoms with van der Waals surface area (Å²) < 4.78 is 1.80. The summed E-state index contributed by atoms with van der Waals surface area (Å²) >= 11 is 0. The first-order valence-electron chi connectivity index (χ1n) is 7.42. The van der Waals surface area contributed by atoms with Gasteiger partial charge in [0.15, 0.2) is 11.5 Å². The standard InChI is InChI=1S/C15H17N7/c1-11-14(22-13(19-11)3-2-5-18-22)15-17-6-4-12(20-15)21-9-7-16-8-10-21/h2-6,16H,7-10H2,1H3. The van der Waals surface area contributed by atoms with E-state index in [0.717, 1.165) is 49.0 Å². The fourth-order valence-corrected chi connectivity index (χ4v) is 2.79. The van der Waals surface area contributed by atoms with E-state index in [1.807, 2.05) is 31.3 Å². The van der Waals surface area contributed by atoms with E-state index in [1.165, 1.54) is 0 Å². The van der Waals surface area contributed by atoms with Crippen molar-refractivity contribution < 1.29 is 0 Å². The summed E-state index contributed by atoms with van der Waals surface area (Å²) in [5, 5.41) is 7.72. The number of aromatic nitrogens is 5. The van der Waals surface area contributed by atoms with Crippen molar-refractivity contribution in [3.63, 3.8) is 0 Å². The number of nitrogens with one attached hydrogen (secondary N) is 1. The van der Waals surface area contributed by atoms with Crippen LogP contribution >= 0.6 is 0 Å². The summed E-state index contributed by atoms with van der Waals surface area (Å²) in [5.41, 5.74) is 2.55. The fourth-order valence-electron chi connectivity index (χ4n) is 2.79. The molecule has 1 aliphatic rings. The van der Waals surface area contributed by atoms with Gasteiger partial charge in [0.1, 0.15) is 11.5 Å². The highest BCUT2D eigenvalue weighted by atomic mass is 15.3. The summed E-state index contributed by atoms with van der Waals surface area (Å²) in [6, 6.07) is 5.77. The molecular formula is C15H17N7. The van der Waals surface area contributed by atoms with Crippen molar-refractivity contribution in [2.24, 2.45) is 0 Å². The van der Waals surface area contributed by atoms with Crippen LogP contribution in [0.5, 0.6) is 0 Å². The molecule has 7 heteroatoms. The Hall–Kier alpha value is -2.54. The number of nitrogens with zero attached hydrogens (tertiary/aromatic N) is 6. The second-order valence-corrected chi connectivity index (χ2v) is 5.31. The van der Waals surface area contributed by atoms with E-state index in [9.17, 15) is 0 Å². The molecule has 1 fully saturated rings. The Morgan fingerprint density at radius 2 is 1.95 bits per heavy atom. The Balaban J connectivity index is 1.80. The van der Waals surface area contributed by atoms with Crippen molar-refractivity contribution >= 4 is 11.5 Å². The molecule has 1 saturated heterocycles. The SMILES string of the molecule is Cc1nc2cccnn2c1-c1nccc(N2CCNCC2)n1. The highest BCUT2D eigenvalue weighted by Gasteiger charge is 2.17. The normalized spacial score (nSPS) is 15.4. The Morgan fingerprint density at radius 1 is 1.09 bits per heavy atom. The van der Waals surface area contributed by atoms with Crippen LogP contribution in [0.2, 0.25) is 0 Å². The summed E-state index contributed by atoms with van der Waals surface area (Å²) in [6.45, 7) is 5.84. The van der Waals surface area contributed by atoms with E-state index in [2.05, 4.69) is 25.3 Å². The van der Waals surface area contributed by atoms with Crippen molar-refractivity contribution in [2.45, 2.75) is 6.92 Å². The molecule has 0 aromatic carbocycles. The molecule has 0 saturated carbocycles. The molecule has 0 unspecified atom stereocenters. The maximum atomic E-state index is 4.74. The molecule has 0 bridgehead atoms. The van der Waals surface area contributed by atoms with Gasteiger partial charge in [-0.15, -0.1) is 0 Å². The Labute approximate surface area is 128 Å². The lowest BCUT2D eigenvalue weighted by molar-refractivity contribution is 0.584. The van der Waals surface area contributed by atoms with Gasteiger partial charge >= 0.3 is 0 Å². The zero-order valence-electron chi connectivity index (χ0n) is 12.4. The number of piperazine rings is 1. The summed E-state index contributed by atoms with van der Waals surface area (Å²) in [5.74, 6) is 1.62. The van der Waals surface area contributed by atoms with Crippen LogP contribution in [0.1, 0.15) is 5.69 Å². The Morgan fingerprint density at radius 3 is 2.82 bits per heavy atom. The molecule has 0 atom stereocenters. The van der Waals surface area contributed by atoms with Crippen LogP contribution in [-0.2, 0) is 0 Å². The summed E-state index contributed by atoms with van der Waals surface area (Å²) in [6.07, 6.45) is 3.55. The average Bonchev–Trinajstić information content (AvgIpc) is 2.91. The number of imidazole rings is 1. The predicted molar refractivity (Wildman–Crippen MR) is 83.8 cm³/mol. The van der Waals surface area contributed by atoms with Crippen LogP contribution in [0.3, 0.4) is 0 Å². The van der Waals surface area contributed by atoms with Crippen LogP contribution in [-0.4, -0.2) is 50.7 Å². The molecule has 4 heterocycles. The van der Waals surface area contributed by atoms with Crippen molar-refractivity contribution in [3.05, 3.63) is 36.3 Å². The molecule has 3 aromatic heterocycles. The van der Waals surface area contributed by atoms with E-state index in [1.54, 1.807) is 10.7 Å². The number of hydrogen-bond donors (Lipinski definition) is 1. The quantitative estimate of drug-likeness (QED) is 0.757. The van der Waals surface area contributed by atoms with Gasteiger partial charge in [0, 0.05) is 38.6 Å². The summed E-state index contributed by atoms with van der Waals surface area (Å²) in [7, 11) is 0. The molecule has 1 aliphatic heterocycles. The van der Waals surface area contributed by atoms with Crippen molar-refractivity contribution in [1.82, 2.24) is 29.9 Å². The van der Waals surface area contributed by atoms with E-state index < -0.39 is 0 Å². The van der Waals surface area contributed by atoms with E-state index in [-0.39, 0.29) is 0 Å². The van der Waals surface area contributed by atoms with Gasteiger partial charge in [-0.3, -0.25) is 0 Å². The van der Waals surface area contributed by atoms with Crippen molar-refractivity contribution in [3.8, 4) is 11.5 Å². The largest absolute Gasteiger partial charge is 0.354 e. The topological polar surface area (TPSA) is 71.2 Å². The number of anilines is 1. The van der Waals surface area contributed by atoms with Crippen LogP contribution in [0, 0.1) is 6.92 Å². The number of hydrogen-bond acceptors (Lipinski definition) is 6. The molecule has 0 amide bonds. The van der Waals surface area contributed by atoms with Gasteiger partial charge in [0.2, 0.25) is 0 Å². The van der Waals surface area contributed by atoms with Gasteiger partial charge in [0.05, 0.1) is 5.69 Å². The molecular weight excluding hydrogens is 278 g/mol. The number of aryl methyl sites for hydroxylation is 1. The minimum Gasteiger partial charge on any atom is -0.354 e. The van der Waals surface area contributed by atoms with Gasteiger partial charge in [-0.25, -0.2) is 19.5 Å². The van der Waals surface area contributed by atoms with Gasteiger partial charge in [-0.05, 0) is 25.1 Å². The van der Waals surface area contributed by atoms with Gasteiger partial charge in [0.25, 0.3) is 0 Å². The summed E-state index contributed by atoms with van der Waals surface area (Å²) in [4.78, 5) is 16.0. The van der Waals surface area contributed by atoms with Crippen molar-refractivity contribution in [1.29, 1.82) is 0 Å². The molecule has 0 aliphatic carbocycles. The van der Waals surface area contributed by atoms with Crippen LogP contribution in [0.4, 0.5) is 5.82 Å². The van der Waals surface area contributed by atoms with Crippen LogP contribution in [0.25, 0.3) is 17.2 Å². The molecule has 0 spiro atoms. The first-order chi connectivity index (χ1) is 10.8. The highest BCUT2D eigenvalue weighted by Crippen LogP contribution is 2.22. The lowest BCUT2D eigenvalue weighted by Gasteiger charge is -2.28. The third kappa shape index (κ3) is 2.19. The number of fused-ring (bicyclic) bond motifs is 1. The lowest BCUT2D eigenvalue weighted by atomic mass is 10.3.